The van der Waals surface area contributed by atoms with Crippen LogP contribution in [0.25, 0.3) is 0 Å². The third-order valence-electron chi connectivity index (χ3n) is 1.06. The van der Waals surface area contributed by atoms with Gasteiger partial charge in [-0.2, -0.15) is 0 Å². The zero-order valence-corrected chi connectivity index (χ0v) is 8.59. The lowest BCUT2D eigenvalue weighted by Crippen LogP contribution is -1.78. The lowest BCUT2D eigenvalue weighted by atomic mass is 10.3. The van der Waals surface area contributed by atoms with E-state index in [9.17, 15) is 0 Å². The molecule has 0 bridgehead atoms. The van der Waals surface area contributed by atoms with Crippen molar-refractivity contribution in [1.82, 2.24) is 4.98 Å². The second-order valence-electron chi connectivity index (χ2n) is 1.98. The summed E-state index contributed by atoms with van der Waals surface area (Å²) in [6.45, 7) is 14.0. The van der Waals surface area contributed by atoms with Crippen LogP contribution in [0, 0.1) is 13.8 Å². The molecule has 1 heteroatoms. The molecule has 1 heterocycles. The Morgan fingerprint density at radius 2 is 1.58 bits per heavy atom. The van der Waals surface area contributed by atoms with Crippen LogP contribution in [0.2, 0.25) is 0 Å². The highest BCUT2D eigenvalue weighted by Crippen LogP contribution is 1.94. The second-order valence-corrected chi connectivity index (χ2v) is 1.98. The predicted molar refractivity (Wildman–Crippen MR) is 56.3 cm³/mol. The van der Waals surface area contributed by atoms with Gasteiger partial charge in [-0.15, -0.1) is 13.2 Å². The van der Waals surface area contributed by atoms with Gasteiger partial charge in [0.15, 0.2) is 0 Å². The number of nitrogens with zero attached hydrogens (tertiary/aromatic N) is 1. The van der Waals surface area contributed by atoms with E-state index in [2.05, 4.69) is 24.2 Å². The Balaban J connectivity index is 0. The molecule has 0 unspecified atom stereocenters. The number of hydrogen-bond donors (Lipinski definition) is 0. The Labute approximate surface area is 76.2 Å². The maximum atomic E-state index is 4.08. The van der Waals surface area contributed by atoms with Crippen molar-refractivity contribution in [3.05, 3.63) is 42.7 Å². The van der Waals surface area contributed by atoms with Gasteiger partial charge in [0.1, 0.15) is 0 Å². The largest absolute Gasteiger partial charge is 0.261 e. The number of pyridine rings is 1. The summed E-state index contributed by atoms with van der Waals surface area (Å²) in [5.41, 5.74) is 2.30. The van der Waals surface area contributed by atoms with Crippen molar-refractivity contribution in [3.63, 3.8) is 0 Å². The molecule has 0 radical (unpaired) electrons. The van der Waals surface area contributed by atoms with Crippen LogP contribution in [0.15, 0.2) is 31.5 Å². The molecule has 1 aromatic rings. The minimum absolute atomic E-state index is 1.08. The average Bonchev–Trinajstić information content (AvgIpc) is 2.17. The lowest BCUT2D eigenvalue weighted by molar-refractivity contribution is 1.17. The summed E-state index contributed by atoms with van der Waals surface area (Å²) >= 11 is 0. The van der Waals surface area contributed by atoms with Gasteiger partial charge in [-0.05, 0) is 25.5 Å². The van der Waals surface area contributed by atoms with Gasteiger partial charge in [0.05, 0.1) is 0 Å². The van der Waals surface area contributed by atoms with Crippen LogP contribution in [0.4, 0.5) is 0 Å². The maximum absolute atomic E-state index is 4.08. The predicted octanol–water partition coefficient (Wildman–Crippen LogP) is 3.53. The molecule has 12 heavy (non-hydrogen) atoms. The standard InChI is InChI=1S/C7H9N.C2H6.C2H4/c1-6-3-4-7(2)8-5-6;2*1-2/h3-5H,1-2H3;1-2H3;1-2H2. The molecule has 0 atom stereocenters. The Morgan fingerprint density at radius 1 is 1.08 bits per heavy atom. The van der Waals surface area contributed by atoms with Crippen LogP contribution in [-0.4, -0.2) is 4.98 Å². The maximum Gasteiger partial charge on any atom is 0.0372 e. The molecule has 0 aromatic carbocycles. The molecule has 0 N–H and O–H groups in total. The van der Waals surface area contributed by atoms with Crippen molar-refractivity contribution in [1.29, 1.82) is 0 Å². The first-order valence-corrected chi connectivity index (χ1v) is 4.18. The van der Waals surface area contributed by atoms with Gasteiger partial charge in [0, 0.05) is 11.9 Å². The average molecular weight is 165 g/mol. The van der Waals surface area contributed by atoms with Crippen LogP contribution in [-0.2, 0) is 0 Å². The molecule has 0 aliphatic carbocycles. The lowest BCUT2D eigenvalue weighted by Gasteiger charge is -1.89. The number of aryl methyl sites for hydroxylation is 2. The van der Waals surface area contributed by atoms with Crippen molar-refractivity contribution in [2.24, 2.45) is 0 Å². The van der Waals surface area contributed by atoms with E-state index >= 15 is 0 Å². The van der Waals surface area contributed by atoms with E-state index < -0.39 is 0 Å². The molecule has 0 fully saturated rings. The molecular formula is C11H19N. The van der Waals surface area contributed by atoms with Gasteiger partial charge >= 0.3 is 0 Å². The molecule has 0 aliphatic rings. The first kappa shape index (κ1) is 13.5. The highest BCUT2D eigenvalue weighted by molar-refractivity contribution is 5.10. The zero-order chi connectivity index (χ0) is 9.98. The molecular weight excluding hydrogens is 146 g/mol. The summed E-state index contributed by atoms with van der Waals surface area (Å²) in [7, 11) is 0. The highest BCUT2D eigenvalue weighted by Gasteiger charge is 1.81. The van der Waals surface area contributed by atoms with E-state index in [1.807, 2.05) is 40.0 Å². The molecule has 0 saturated heterocycles. The summed E-state index contributed by atoms with van der Waals surface area (Å²) in [6, 6.07) is 4.07. The topological polar surface area (TPSA) is 12.9 Å². The minimum Gasteiger partial charge on any atom is -0.261 e. The van der Waals surface area contributed by atoms with Crippen LogP contribution in [0.3, 0.4) is 0 Å². The van der Waals surface area contributed by atoms with Crippen LogP contribution in [0.1, 0.15) is 25.1 Å². The van der Waals surface area contributed by atoms with E-state index in [-0.39, 0.29) is 0 Å². The van der Waals surface area contributed by atoms with Crippen LogP contribution < -0.4 is 0 Å². The summed E-state index contributed by atoms with van der Waals surface area (Å²) in [6.07, 6.45) is 1.87. The van der Waals surface area contributed by atoms with Crippen LogP contribution in [0.5, 0.6) is 0 Å². The first-order valence-electron chi connectivity index (χ1n) is 4.18. The third-order valence-corrected chi connectivity index (χ3v) is 1.06. The van der Waals surface area contributed by atoms with E-state index in [4.69, 9.17) is 0 Å². The fourth-order valence-corrected chi connectivity index (χ4v) is 0.542. The third kappa shape index (κ3) is 7.00. The van der Waals surface area contributed by atoms with Crippen LogP contribution >= 0.6 is 0 Å². The zero-order valence-electron chi connectivity index (χ0n) is 8.59. The quantitative estimate of drug-likeness (QED) is 0.536. The van der Waals surface area contributed by atoms with E-state index in [1.54, 1.807) is 0 Å². The number of rotatable bonds is 0. The normalized spacial score (nSPS) is 7.00. The van der Waals surface area contributed by atoms with Gasteiger partial charge in [-0.25, -0.2) is 0 Å². The van der Waals surface area contributed by atoms with Gasteiger partial charge in [-0.3, -0.25) is 4.98 Å². The van der Waals surface area contributed by atoms with E-state index in [0.717, 1.165) is 5.69 Å². The van der Waals surface area contributed by atoms with Gasteiger partial charge in [-0.1, -0.05) is 19.9 Å². The highest BCUT2D eigenvalue weighted by atomic mass is 14.6. The van der Waals surface area contributed by atoms with E-state index in [0.29, 0.717) is 0 Å². The molecule has 68 valence electrons. The fourth-order valence-electron chi connectivity index (χ4n) is 0.542. The van der Waals surface area contributed by atoms with Crippen molar-refractivity contribution >= 4 is 0 Å². The fraction of sp³-hybridized carbons (Fsp3) is 0.364. The number of aromatic nitrogens is 1. The molecule has 0 spiro atoms. The SMILES string of the molecule is C=C.CC.Cc1ccc(C)nc1. The minimum atomic E-state index is 1.08. The Morgan fingerprint density at radius 3 is 1.83 bits per heavy atom. The summed E-state index contributed by atoms with van der Waals surface area (Å²) in [5.74, 6) is 0. The van der Waals surface area contributed by atoms with Gasteiger partial charge < -0.3 is 0 Å². The van der Waals surface area contributed by atoms with Crippen molar-refractivity contribution in [3.8, 4) is 0 Å². The summed E-state index contributed by atoms with van der Waals surface area (Å²) in [5, 5.41) is 0. The Hall–Kier alpha value is -1.11. The first-order chi connectivity index (χ1) is 5.79. The monoisotopic (exact) mass is 165 g/mol. The van der Waals surface area contributed by atoms with Gasteiger partial charge in [0.2, 0.25) is 0 Å². The van der Waals surface area contributed by atoms with Crippen molar-refractivity contribution in [2.75, 3.05) is 0 Å². The second kappa shape index (κ2) is 9.89. The molecule has 1 nitrogen and oxygen atoms in total. The number of hydrogen-bond acceptors (Lipinski definition) is 1. The molecule has 1 rings (SSSR count). The van der Waals surface area contributed by atoms with Gasteiger partial charge in [0.25, 0.3) is 0 Å². The Kier molecular flexibility index (Phi) is 11.1. The molecule has 1 aromatic heterocycles. The van der Waals surface area contributed by atoms with Crippen molar-refractivity contribution in [2.45, 2.75) is 27.7 Å². The van der Waals surface area contributed by atoms with Crippen molar-refractivity contribution < 1.29 is 0 Å². The Bertz CT molecular complexity index is 156. The smallest absolute Gasteiger partial charge is 0.0372 e. The van der Waals surface area contributed by atoms with E-state index in [1.165, 1.54) is 5.56 Å². The molecule has 0 amide bonds. The summed E-state index contributed by atoms with van der Waals surface area (Å²) in [4.78, 5) is 4.08. The summed E-state index contributed by atoms with van der Waals surface area (Å²) < 4.78 is 0. The molecule has 0 aliphatic heterocycles. The molecule has 0 saturated carbocycles.